The average Bonchev–Trinajstić information content (AvgIpc) is 2.55. The second-order valence-electron chi connectivity index (χ2n) is 6.27. The Balaban J connectivity index is 1.63. The van der Waals surface area contributed by atoms with Crippen molar-refractivity contribution < 1.29 is 14.6 Å². The molecule has 5 heteroatoms. The van der Waals surface area contributed by atoms with Gasteiger partial charge < -0.3 is 15.2 Å². The molecule has 24 heavy (non-hydrogen) atoms. The number of amides is 1. The van der Waals surface area contributed by atoms with Crippen molar-refractivity contribution in [1.29, 1.82) is 0 Å². The maximum Gasteiger partial charge on any atom is 0.273 e. The summed E-state index contributed by atoms with van der Waals surface area (Å²) in [5, 5.41) is 12.7. The maximum atomic E-state index is 12.3. The van der Waals surface area contributed by atoms with Gasteiger partial charge in [-0.05, 0) is 43.9 Å². The lowest BCUT2D eigenvalue weighted by atomic mass is 9.94. The predicted molar refractivity (Wildman–Crippen MR) is 90.9 cm³/mol. The third kappa shape index (κ3) is 4.11. The van der Waals surface area contributed by atoms with Gasteiger partial charge in [0.1, 0.15) is 5.75 Å². The minimum Gasteiger partial charge on any atom is -0.505 e. The highest BCUT2D eigenvalue weighted by molar-refractivity contribution is 5.94. The Kier molecular flexibility index (Phi) is 5.11. The molecule has 2 N–H and O–H groups in total. The summed E-state index contributed by atoms with van der Waals surface area (Å²) in [6.45, 7) is 2.02. The van der Waals surface area contributed by atoms with Gasteiger partial charge in [0.25, 0.3) is 5.91 Å². The van der Waals surface area contributed by atoms with Crippen molar-refractivity contribution in [3.8, 4) is 5.75 Å². The van der Waals surface area contributed by atoms with Crippen LogP contribution < -0.4 is 5.32 Å². The van der Waals surface area contributed by atoms with Crippen LogP contribution in [0.5, 0.6) is 5.75 Å². The molecule has 3 atom stereocenters. The van der Waals surface area contributed by atoms with E-state index in [1.807, 2.05) is 25.1 Å². The fourth-order valence-electron chi connectivity index (χ4n) is 3.21. The Hall–Kier alpha value is -2.40. The van der Waals surface area contributed by atoms with Crippen LogP contribution in [0.2, 0.25) is 0 Å². The molecule has 2 heterocycles. The van der Waals surface area contributed by atoms with Crippen molar-refractivity contribution in [3.63, 3.8) is 0 Å². The monoisotopic (exact) mass is 326 g/mol. The van der Waals surface area contributed by atoms with Crippen molar-refractivity contribution in [3.05, 3.63) is 59.9 Å². The molecule has 1 aliphatic heterocycles. The summed E-state index contributed by atoms with van der Waals surface area (Å²) in [6.07, 6.45) is 3.98. The van der Waals surface area contributed by atoms with Gasteiger partial charge in [0, 0.05) is 12.2 Å². The normalized spacial score (nSPS) is 23.6. The van der Waals surface area contributed by atoms with E-state index in [-0.39, 0.29) is 35.6 Å². The summed E-state index contributed by atoms with van der Waals surface area (Å²) in [5.41, 5.74) is 1.29. The van der Waals surface area contributed by atoms with Crippen LogP contribution in [-0.4, -0.2) is 34.2 Å². The van der Waals surface area contributed by atoms with Crippen molar-refractivity contribution in [1.82, 2.24) is 10.3 Å². The number of carbonyl (C=O) groups excluding carboxylic acids is 1. The standard InChI is InChI=1S/C19H22N2O3/c1-13-10-15(21-19(23)18-17(22)8-5-9-20-18)12-16(24-13)11-14-6-3-2-4-7-14/h2-9,13,15-16,22H,10-12H2,1H3,(H,21,23). The average molecular weight is 326 g/mol. The molecule has 1 saturated heterocycles. The van der Waals surface area contributed by atoms with Gasteiger partial charge in [-0.15, -0.1) is 0 Å². The smallest absolute Gasteiger partial charge is 0.273 e. The quantitative estimate of drug-likeness (QED) is 0.906. The number of aromatic hydroxyl groups is 1. The highest BCUT2D eigenvalue weighted by Crippen LogP contribution is 2.23. The van der Waals surface area contributed by atoms with E-state index in [1.54, 1.807) is 6.07 Å². The lowest BCUT2D eigenvalue weighted by molar-refractivity contribution is -0.0498. The zero-order chi connectivity index (χ0) is 16.9. The predicted octanol–water partition coefficient (Wildman–Crippen LogP) is 2.70. The number of nitrogens with zero attached hydrogens (tertiary/aromatic N) is 1. The summed E-state index contributed by atoms with van der Waals surface area (Å²) >= 11 is 0. The molecule has 1 aromatic heterocycles. The lowest BCUT2D eigenvalue weighted by Gasteiger charge is -2.34. The first kappa shape index (κ1) is 16.5. The second-order valence-corrected chi connectivity index (χ2v) is 6.27. The highest BCUT2D eigenvalue weighted by atomic mass is 16.5. The maximum absolute atomic E-state index is 12.3. The second kappa shape index (κ2) is 7.45. The fraction of sp³-hybridized carbons (Fsp3) is 0.368. The van der Waals surface area contributed by atoms with Gasteiger partial charge in [-0.3, -0.25) is 4.79 Å². The molecule has 0 bridgehead atoms. The molecule has 0 saturated carbocycles. The summed E-state index contributed by atoms with van der Waals surface area (Å²) in [5.74, 6) is -0.443. The number of aromatic nitrogens is 1. The van der Waals surface area contributed by atoms with E-state index >= 15 is 0 Å². The fourth-order valence-corrected chi connectivity index (χ4v) is 3.21. The van der Waals surface area contributed by atoms with E-state index in [9.17, 15) is 9.90 Å². The van der Waals surface area contributed by atoms with Gasteiger partial charge in [-0.25, -0.2) is 4.98 Å². The van der Waals surface area contributed by atoms with Crippen LogP contribution in [-0.2, 0) is 11.2 Å². The van der Waals surface area contributed by atoms with Gasteiger partial charge in [0.2, 0.25) is 0 Å². The lowest BCUT2D eigenvalue weighted by Crippen LogP contribution is -2.45. The first-order chi connectivity index (χ1) is 11.6. The first-order valence-electron chi connectivity index (χ1n) is 8.26. The molecular formula is C19H22N2O3. The van der Waals surface area contributed by atoms with Crippen LogP contribution in [0.1, 0.15) is 35.8 Å². The molecule has 5 nitrogen and oxygen atoms in total. The van der Waals surface area contributed by atoms with Crippen molar-refractivity contribution >= 4 is 5.91 Å². The third-order valence-electron chi connectivity index (χ3n) is 4.23. The van der Waals surface area contributed by atoms with Crippen LogP contribution in [0.3, 0.4) is 0 Å². The minimum absolute atomic E-state index is 0.0105. The molecule has 1 aliphatic rings. The molecule has 1 fully saturated rings. The van der Waals surface area contributed by atoms with Crippen molar-refractivity contribution in [2.24, 2.45) is 0 Å². The topological polar surface area (TPSA) is 71.5 Å². The first-order valence-corrected chi connectivity index (χ1v) is 8.26. The Labute approximate surface area is 141 Å². The molecule has 0 spiro atoms. The van der Waals surface area contributed by atoms with Crippen LogP contribution in [0.15, 0.2) is 48.7 Å². The Bertz CT molecular complexity index is 690. The zero-order valence-electron chi connectivity index (χ0n) is 13.7. The molecule has 0 radical (unpaired) electrons. The van der Waals surface area contributed by atoms with E-state index < -0.39 is 0 Å². The number of hydrogen-bond donors (Lipinski definition) is 2. The summed E-state index contributed by atoms with van der Waals surface area (Å²) in [4.78, 5) is 16.3. The largest absolute Gasteiger partial charge is 0.505 e. The van der Waals surface area contributed by atoms with Gasteiger partial charge >= 0.3 is 0 Å². The number of benzene rings is 1. The van der Waals surface area contributed by atoms with E-state index in [0.29, 0.717) is 0 Å². The Morgan fingerprint density at radius 3 is 2.79 bits per heavy atom. The van der Waals surface area contributed by atoms with Crippen LogP contribution >= 0.6 is 0 Å². The number of carbonyl (C=O) groups is 1. The van der Waals surface area contributed by atoms with E-state index in [4.69, 9.17) is 4.74 Å². The number of rotatable bonds is 4. The number of nitrogens with one attached hydrogen (secondary N) is 1. The SMILES string of the molecule is CC1CC(NC(=O)c2ncccc2O)CC(Cc2ccccc2)O1. The molecule has 3 unspecified atom stereocenters. The minimum atomic E-state index is -0.342. The van der Waals surface area contributed by atoms with E-state index in [2.05, 4.69) is 22.4 Å². The van der Waals surface area contributed by atoms with Crippen LogP contribution in [0.4, 0.5) is 0 Å². The summed E-state index contributed by atoms with van der Waals surface area (Å²) in [6, 6.07) is 13.3. The summed E-state index contributed by atoms with van der Waals surface area (Å²) < 4.78 is 6.02. The summed E-state index contributed by atoms with van der Waals surface area (Å²) in [7, 11) is 0. The highest BCUT2D eigenvalue weighted by Gasteiger charge is 2.29. The van der Waals surface area contributed by atoms with Crippen LogP contribution in [0.25, 0.3) is 0 Å². The molecular weight excluding hydrogens is 304 g/mol. The van der Waals surface area contributed by atoms with Gasteiger partial charge in [-0.2, -0.15) is 0 Å². The third-order valence-corrected chi connectivity index (χ3v) is 4.23. The Morgan fingerprint density at radius 1 is 1.25 bits per heavy atom. The molecule has 126 valence electrons. The number of ether oxygens (including phenoxy) is 1. The molecule has 3 rings (SSSR count). The molecule has 2 aromatic rings. The number of hydrogen-bond acceptors (Lipinski definition) is 4. The molecule has 1 aromatic carbocycles. The van der Waals surface area contributed by atoms with E-state index in [1.165, 1.54) is 17.8 Å². The Morgan fingerprint density at radius 2 is 2.04 bits per heavy atom. The van der Waals surface area contributed by atoms with E-state index in [0.717, 1.165) is 19.3 Å². The van der Waals surface area contributed by atoms with Crippen molar-refractivity contribution in [2.75, 3.05) is 0 Å². The molecule has 1 amide bonds. The number of pyridine rings is 1. The van der Waals surface area contributed by atoms with Crippen LogP contribution in [0, 0.1) is 0 Å². The van der Waals surface area contributed by atoms with Crippen molar-refractivity contribution in [2.45, 2.75) is 44.4 Å². The molecule has 0 aliphatic carbocycles. The zero-order valence-corrected chi connectivity index (χ0v) is 13.7. The van der Waals surface area contributed by atoms with Gasteiger partial charge in [0.05, 0.1) is 12.2 Å². The van der Waals surface area contributed by atoms with Gasteiger partial charge in [0.15, 0.2) is 5.69 Å². The van der Waals surface area contributed by atoms with Gasteiger partial charge in [-0.1, -0.05) is 30.3 Å².